The molecule has 2 unspecified atom stereocenters. The van der Waals surface area contributed by atoms with Crippen molar-refractivity contribution in [2.75, 3.05) is 13.1 Å². The van der Waals surface area contributed by atoms with Crippen molar-refractivity contribution in [2.24, 2.45) is 0 Å². The highest BCUT2D eigenvalue weighted by atomic mass is 32.2. The summed E-state index contributed by atoms with van der Waals surface area (Å²) in [4.78, 5) is 4.28. The molecule has 0 bridgehead atoms. The summed E-state index contributed by atoms with van der Waals surface area (Å²) in [5, 5.41) is 17.8. The van der Waals surface area contributed by atoms with E-state index in [0.717, 1.165) is 18.7 Å². The zero-order valence-electron chi connectivity index (χ0n) is 10.3. The molecule has 0 aromatic carbocycles. The van der Waals surface area contributed by atoms with E-state index in [1.165, 1.54) is 0 Å². The Bertz CT molecular complexity index is 363. The van der Waals surface area contributed by atoms with E-state index in [9.17, 15) is 5.11 Å². The molecule has 0 spiro atoms. The molecule has 96 valence electrons. The van der Waals surface area contributed by atoms with Crippen LogP contribution in [0.15, 0.2) is 4.52 Å². The first kappa shape index (κ1) is 12.9. The average molecular weight is 257 g/mol. The predicted molar refractivity (Wildman–Crippen MR) is 66.7 cm³/mol. The van der Waals surface area contributed by atoms with Gasteiger partial charge >= 0.3 is 0 Å². The summed E-state index contributed by atoms with van der Waals surface area (Å²) >= 11 is 1.80. The van der Waals surface area contributed by atoms with E-state index in [0.29, 0.717) is 29.9 Å². The van der Waals surface area contributed by atoms with Crippen molar-refractivity contribution in [3.05, 3.63) is 11.7 Å². The summed E-state index contributed by atoms with van der Waals surface area (Å²) in [7, 11) is 0. The number of aromatic nitrogens is 2. The number of rotatable bonds is 5. The first-order valence-electron chi connectivity index (χ1n) is 6.02. The minimum absolute atomic E-state index is 0.349. The SMILES string of the molecule is CCC(C)SCc1noc(C2(O)CCNC2)n1. The predicted octanol–water partition coefficient (Wildman–Crippen LogP) is 1.28. The number of aliphatic hydroxyl groups is 1. The van der Waals surface area contributed by atoms with E-state index in [4.69, 9.17) is 4.52 Å². The van der Waals surface area contributed by atoms with Crippen LogP contribution in [0.4, 0.5) is 0 Å². The Balaban J connectivity index is 1.96. The minimum atomic E-state index is -0.966. The number of nitrogens with one attached hydrogen (secondary N) is 1. The van der Waals surface area contributed by atoms with Crippen LogP contribution in [-0.4, -0.2) is 33.6 Å². The summed E-state index contributed by atoms with van der Waals surface area (Å²) in [5.41, 5.74) is -0.966. The van der Waals surface area contributed by atoms with Crippen molar-refractivity contribution < 1.29 is 9.63 Å². The van der Waals surface area contributed by atoms with Crippen LogP contribution in [0.25, 0.3) is 0 Å². The van der Waals surface area contributed by atoms with Crippen molar-refractivity contribution >= 4 is 11.8 Å². The molecule has 0 saturated carbocycles. The topological polar surface area (TPSA) is 71.2 Å². The van der Waals surface area contributed by atoms with Gasteiger partial charge in [-0.3, -0.25) is 0 Å². The molecule has 2 rings (SSSR count). The van der Waals surface area contributed by atoms with Gasteiger partial charge in [0.05, 0.1) is 5.75 Å². The smallest absolute Gasteiger partial charge is 0.260 e. The standard InChI is InChI=1S/C11H19N3O2S/c1-3-8(2)17-6-9-13-10(16-14-9)11(15)4-5-12-7-11/h8,12,15H,3-7H2,1-2H3. The number of hydrogen-bond donors (Lipinski definition) is 2. The normalized spacial score (nSPS) is 26.3. The van der Waals surface area contributed by atoms with Crippen LogP contribution in [0.3, 0.4) is 0 Å². The lowest BCUT2D eigenvalue weighted by atomic mass is 10.0. The van der Waals surface area contributed by atoms with Gasteiger partial charge < -0.3 is 14.9 Å². The summed E-state index contributed by atoms with van der Waals surface area (Å²) in [5.74, 6) is 1.76. The zero-order valence-corrected chi connectivity index (χ0v) is 11.1. The van der Waals surface area contributed by atoms with Gasteiger partial charge in [0, 0.05) is 11.8 Å². The summed E-state index contributed by atoms with van der Waals surface area (Å²) in [6, 6.07) is 0. The van der Waals surface area contributed by atoms with E-state index in [2.05, 4.69) is 29.3 Å². The van der Waals surface area contributed by atoms with E-state index in [-0.39, 0.29) is 0 Å². The van der Waals surface area contributed by atoms with E-state index >= 15 is 0 Å². The highest BCUT2D eigenvalue weighted by Gasteiger charge is 2.38. The average Bonchev–Trinajstić information content (AvgIpc) is 2.95. The van der Waals surface area contributed by atoms with Crippen molar-refractivity contribution in [3.8, 4) is 0 Å². The maximum absolute atomic E-state index is 10.2. The molecule has 6 heteroatoms. The second-order valence-electron chi connectivity index (χ2n) is 4.50. The zero-order chi connectivity index (χ0) is 12.3. The molecule has 17 heavy (non-hydrogen) atoms. The summed E-state index contributed by atoms with van der Waals surface area (Å²) in [6.45, 7) is 5.62. The highest BCUT2D eigenvalue weighted by Crippen LogP contribution is 2.27. The first-order valence-corrected chi connectivity index (χ1v) is 7.06. The van der Waals surface area contributed by atoms with Gasteiger partial charge in [0.1, 0.15) is 0 Å². The molecule has 0 amide bonds. The fourth-order valence-corrected chi connectivity index (χ4v) is 2.48. The number of hydrogen-bond acceptors (Lipinski definition) is 6. The molecule has 1 aliphatic heterocycles. The Morgan fingerprint density at radius 1 is 1.65 bits per heavy atom. The van der Waals surface area contributed by atoms with Crippen LogP contribution in [-0.2, 0) is 11.4 Å². The van der Waals surface area contributed by atoms with Gasteiger partial charge in [-0.25, -0.2) is 0 Å². The van der Waals surface area contributed by atoms with Crippen molar-refractivity contribution in [1.29, 1.82) is 0 Å². The Morgan fingerprint density at radius 2 is 2.47 bits per heavy atom. The van der Waals surface area contributed by atoms with Crippen LogP contribution >= 0.6 is 11.8 Å². The van der Waals surface area contributed by atoms with Crippen LogP contribution in [0.2, 0.25) is 0 Å². The summed E-state index contributed by atoms with van der Waals surface area (Å²) in [6.07, 6.45) is 1.76. The third-order valence-electron chi connectivity index (χ3n) is 3.07. The minimum Gasteiger partial charge on any atom is -0.379 e. The molecule has 1 aromatic rings. The van der Waals surface area contributed by atoms with Crippen molar-refractivity contribution in [3.63, 3.8) is 0 Å². The van der Waals surface area contributed by atoms with Gasteiger partial charge in [-0.1, -0.05) is 19.0 Å². The molecular formula is C11H19N3O2S. The van der Waals surface area contributed by atoms with Crippen LogP contribution in [0, 0.1) is 0 Å². The maximum atomic E-state index is 10.2. The lowest BCUT2D eigenvalue weighted by Gasteiger charge is -2.14. The Labute approximate surface area is 105 Å². The van der Waals surface area contributed by atoms with E-state index in [1.807, 2.05) is 0 Å². The molecule has 0 aliphatic carbocycles. The van der Waals surface area contributed by atoms with Crippen LogP contribution < -0.4 is 5.32 Å². The second-order valence-corrected chi connectivity index (χ2v) is 5.93. The molecule has 1 saturated heterocycles. The third kappa shape index (κ3) is 3.00. The van der Waals surface area contributed by atoms with E-state index in [1.54, 1.807) is 11.8 Å². The quantitative estimate of drug-likeness (QED) is 0.828. The maximum Gasteiger partial charge on any atom is 0.260 e. The molecule has 2 heterocycles. The Hall–Kier alpha value is -0.590. The lowest BCUT2D eigenvalue weighted by molar-refractivity contribution is 0.0243. The van der Waals surface area contributed by atoms with Gasteiger partial charge in [0.2, 0.25) is 0 Å². The van der Waals surface area contributed by atoms with Crippen molar-refractivity contribution in [1.82, 2.24) is 15.5 Å². The summed E-state index contributed by atoms with van der Waals surface area (Å²) < 4.78 is 5.15. The molecule has 2 atom stereocenters. The van der Waals surface area contributed by atoms with Gasteiger partial charge in [-0.15, -0.1) is 0 Å². The van der Waals surface area contributed by atoms with Gasteiger partial charge in [0.15, 0.2) is 11.4 Å². The van der Waals surface area contributed by atoms with Gasteiger partial charge in [-0.2, -0.15) is 16.7 Å². The van der Waals surface area contributed by atoms with Crippen LogP contribution in [0.1, 0.15) is 38.4 Å². The van der Waals surface area contributed by atoms with E-state index < -0.39 is 5.60 Å². The molecule has 0 radical (unpaired) electrons. The second kappa shape index (κ2) is 5.37. The van der Waals surface area contributed by atoms with Crippen molar-refractivity contribution in [2.45, 2.75) is 43.3 Å². The number of thioether (sulfide) groups is 1. The van der Waals surface area contributed by atoms with Gasteiger partial charge in [0.25, 0.3) is 5.89 Å². The number of β-amino-alcohol motifs (C(OH)–C–C–N with tert-alkyl or cyclic N) is 1. The monoisotopic (exact) mass is 257 g/mol. The Morgan fingerprint density at radius 3 is 3.12 bits per heavy atom. The molecule has 1 aliphatic rings. The largest absolute Gasteiger partial charge is 0.379 e. The molecule has 5 nitrogen and oxygen atoms in total. The first-order chi connectivity index (χ1) is 8.14. The lowest BCUT2D eigenvalue weighted by Crippen LogP contribution is -2.28. The number of nitrogens with zero attached hydrogens (tertiary/aromatic N) is 2. The molecule has 2 N–H and O–H groups in total. The van der Waals surface area contributed by atoms with Gasteiger partial charge in [-0.05, 0) is 19.4 Å². The highest BCUT2D eigenvalue weighted by molar-refractivity contribution is 7.99. The molecular weight excluding hydrogens is 238 g/mol. The van der Waals surface area contributed by atoms with Crippen LogP contribution in [0.5, 0.6) is 0 Å². The fraction of sp³-hybridized carbons (Fsp3) is 0.818. The Kier molecular flexibility index (Phi) is 4.06. The fourth-order valence-electron chi connectivity index (χ4n) is 1.70. The molecule has 1 aromatic heterocycles. The molecule has 1 fully saturated rings. The third-order valence-corrected chi connectivity index (χ3v) is 4.40.